The van der Waals surface area contributed by atoms with Gasteiger partial charge in [0.05, 0.1) is 36.2 Å². The maximum absolute atomic E-state index is 14.2. The van der Waals surface area contributed by atoms with Crippen molar-refractivity contribution < 1.29 is 42.5 Å². The average Bonchev–Trinajstić information content (AvgIpc) is 3.26. The van der Waals surface area contributed by atoms with Crippen LogP contribution in [0.25, 0.3) is 0 Å². The predicted molar refractivity (Wildman–Crippen MR) is 156 cm³/mol. The van der Waals surface area contributed by atoms with Crippen LogP contribution in [0.2, 0.25) is 0 Å². The van der Waals surface area contributed by atoms with E-state index >= 15 is 0 Å². The average molecular weight is 623 g/mol. The highest BCUT2D eigenvalue weighted by atomic mass is 31.2. The van der Waals surface area contributed by atoms with Crippen molar-refractivity contribution in [2.45, 2.75) is 45.8 Å². The Labute approximate surface area is 253 Å². The molecule has 4 atom stereocenters. The molecule has 1 fully saturated rings. The number of aliphatic hydroxyl groups is 1. The number of ether oxygens (including phenoxy) is 1. The second kappa shape index (κ2) is 13.1. The lowest BCUT2D eigenvalue weighted by atomic mass is 9.79. The summed E-state index contributed by atoms with van der Waals surface area (Å²) in [5.74, 6) is -3.07. The minimum Gasteiger partial charge on any atom is -0.456 e. The van der Waals surface area contributed by atoms with Gasteiger partial charge in [-0.25, -0.2) is 9.36 Å². The largest absolute Gasteiger partial charge is 0.530 e. The zero-order valence-corrected chi connectivity index (χ0v) is 24.9. The highest BCUT2D eigenvalue weighted by Gasteiger charge is 2.62. The summed E-state index contributed by atoms with van der Waals surface area (Å²) in [4.78, 5) is 38.2. The van der Waals surface area contributed by atoms with Crippen molar-refractivity contribution in [3.8, 4) is 0 Å². The number of carbonyl (C=O) groups is 2. The molecule has 0 unspecified atom stereocenters. The summed E-state index contributed by atoms with van der Waals surface area (Å²) in [6.07, 6.45) is -1.02. The van der Waals surface area contributed by atoms with Crippen LogP contribution in [0.4, 0.5) is 5.69 Å². The van der Waals surface area contributed by atoms with Crippen LogP contribution in [0.1, 0.15) is 30.5 Å². The monoisotopic (exact) mass is 622 g/mol. The first-order chi connectivity index (χ1) is 21.1. The number of nitro groups is 1. The number of hydrogen-bond acceptors (Lipinski definition) is 10. The Morgan fingerprint density at radius 1 is 0.932 bits per heavy atom. The van der Waals surface area contributed by atoms with Gasteiger partial charge in [-0.1, -0.05) is 67.6 Å². The molecular formula is C31H31N2O10P. The van der Waals surface area contributed by atoms with E-state index in [1.165, 1.54) is 36.1 Å². The summed E-state index contributed by atoms with van der Waals surface area (Å²) >= 11 is 0. The van der Waals surface area contributed by atoms with E-state index in [1.54, 1.807) is 55.5 Å². The topological polar surface area (TPSA) is 155 Å². The van der Waals surface area contributed by atoms with Crippen LogP contribution in [-0.4, -0.2) is 39.0 Å². The van der Waals surface area contributed by atoms with E-state index in [2.05, 4.69) is 0 Å². The molecule has 1 N–H and O–H groups in total. The number of nitro benzene ring substituents is 1. The number of hydrogen-bond donors (Lipinski definition) is 1. The Morgan fingerprint density at radius 2 is 1.45 bits per heavy atom. The molecule has 0 saturated carbocycles. The fraction of sp³-hybridized carbons (Fsp3) is 0.290. The fourth-order valence-electron chi connectivity index (χ4n) is 5.23. The number of amides is 1. The molecule has 5 rings (SSSR count). The van der Waals surface area contributed by atoms with Crippen molar-refractivity contribution in [1.82, 2.24) is 4.90 Å². The second-order valence-electron chi connectivity index (χ2n) is 10.5. The summed E-state index contributed by atoms with van der Waals surface area (Å²) in [7, 11) is -4.42. The highest BCUT2D eigenvalue weighted by molar-refractivity contribution is 7.48. The number of phosphoric acid groups is 1. The standard InChI is InChI=1S/C31H31N2O10P/c1-20-27-26(21(2)34)30(35)32(27)28(31(36)40-17-24-13-15-25(16-14-24)33(37)38)29(20)43-44(39,41-18-22-9-5-3-6-10-22)42-19-23-11-7-4-8-12-23/h3-16,20-21,26-27,34H,17-19H2,1-2H3/t20-,21-,26-,27-/m1/s1. The number of β-lactam (4-membered cyclic amide) rings is 1. The van der Waals surface area contributed by atoms with E-state index in [0.717, 1.165) is 0 Å². The number of rotatable bonds is 13. The zero-order chi connectivity index (χ0) is 31.4. The molecule has 2 aliphatic heterocycles. The predicted octanol–water partition coefficient (Wildman–Crippen LogP) is 5.27. The molecule has 3 aromatic rings. The van der Waals surface area contributed by atoms with Crippen molar-refractivity contribution in [3.05, 3.63) is 123 Å². The van der Waals surface area contributed by atoms with Crippen molar-refractivity contribution in [2.75, 3.05) is 0 Å². The van der Waals surface area contributed by atoms with Crippen LogP contribution < -0.4 is 0 Å². The Kier molecular flexibility index (Phi) is 9.26. The minimum absolute atomic E-state index is 0.121. The molecule has 0 radical (unpaired) electrons. The van der Waals surface area contributed by atoms with Crippen LogP contribution in [-0.2, 0) is 52.3 Å². The van der Waals surface area contributed by atoms with E-state index in [-0.39, 0.29) is 37.0 Å². The Balaban J connectivity index is 1.44. The van der Waals surface area contributed by atoms with E-state index in [0.29, 0.717) is 16.7 Å². The van der Waals surface area contributed by atoms with Crippen molar-refractivity contribution >= 4 is 25.4 Å². The van der Waals surface area contributed by atoms with E-state index in [4.69, 9.17) is 18.3 Å². The van der Waals surface area contributed by atoms with Crippen LogP contribution in [0.3, 0.4) is 0 Å². The third-order valence-corrected chi connectivity index (χ3v) is 8.80. The van der Waals surface area contributed by atoms with Gasteiger partial charge in [-0.2, -0.15) is 0 Å². The maximum Gasteiger partial charge on any atom is 0.530 e. The fourth-order valence-corrected chi connectivity index (χ4v) is 6.52. The maximum atomic E-state index is 14.2. The molecule has 2 aliphatic rings. The third kappa shape index (κ3) is 6.58. The van der Waals surface area contributed by atoms with Gasteiger partial charge in [0.1, 0.15) is 12.4 Å². The molecule has 1 saturated heterocycles. The number of phosphoric ester groups is 1. The van der Waals surface area contributed by atoms with Gasteiger partial charge in [-0.05, 0) is 35.7 Å². The number of carbonyl (C=O) groups excluding carboxylic acids is 2. The van der Waals surface area contributed by atoms with Crippen LogP contribution in [0, 0.1) is 22.0 Å². The number of esters is 1. The second-order valence-corrected chi connectivity index (χ2v) is 12.1. The molecule has 13 heteroatoms. The van der Waals surface area contributed by atoms with Crippen molar-refractivity contribution in [2.24, 2.45) is 11.8 Å². The van der Waals surface area contributed by atoms with E-state index in [1.807, 2.05) is 12.1 Å². The molecule has 44 heavy (non-hydrogen) atoms. The zero-order valence-electron chi connectivity index (χ0n) is 24.0. The highest BCUT2D eigenvalue weighted by Crippen LogP contribution is 2.58. The van der Waals surface area contributed by atoms with Gasteiger partial charge in [0.25, 0.3) is 5.69 Å². The summed E-state index contributed by atoms with van der Waals surface area (Å²) in [6.45, 7) is 2.65. The minimum atomic E-state index is -4.42. The van der Waals surface area contributed by atoms with Crippen LogP contribution >= 0.6 is 7.82 Å². The quantitative estimate of drug-likeness (QED) is 0.0877. The Morgan fingerprint density at radius 3 is 1.95 bits per heavy atom. The lowest BCUT2D eigenvalue weighted by Gasteiger charge is -2.46. The SMILES string of the molecule is C[C@@H](O)[C@H]1C(=O)N2C(C(=O)OCc3ccc([N+](=O)[O-])cc3)=C(OP(=O)(OCc3ccccc3)OCc3ccccc3)[C@H](C)[C@H]12. The molecule has 0 bridgehead atoms. The van der Waals surface area contributed by atoms with Crippen molar-refractivity contribution in [1.29, 1.82) is 0 Å². The first-order valence-corrected chi connectivity index (χ1v) is 15.4. The van der Waals surface area contributed by atoms with Gasteiger partial charge in [0, 0.05) is 18.1 Å². The molecule has 12 nitrogen and oxygen atoms in total. The number of aliphatic hydroxyl groups excluding tert-OH is 1. The van der Waals surface area contributed by atoms with Crippen LogP contribution in [0.5, 0.6) is 0 Å². The number of non-ortho nitro benzene ring substituents is 1. The smallest absolute Gasteiger partial charge is 0.456 e. The summed E-state index contributed by atoms with van der Waals surface area (Å²) in [5, 5.41) is 21.3. The van der Waals surface area contributed by atoms with Gasteiger partial charge < -0.3 is 14.4 Å². The molecule has 0 aromatic heterocycles. The molecule has 230 valence electrons. The van der Waals surface area contributed by atoms with Gasteiger partial charge in [0.15, 0.2) is 5.70 Å². The molecular weight excluding hydrogens is 591 g/mol. The number of benzene rings is 3. The first kappa shape index (κ1) is 31.1. The summed E-state index contributed by atoms with van der Waals surface area (Å²) in [6, 6.07) is 22.7. The summed E-state index contributed by atoms with van der Waals surface area (Å²) < 4.78 is 37.1. The molecule has 0 spiro atoms. The Hall–Kier alpha value is -4.35. The van der Waals surface area contributed by atoms with Gasteiger partial charge in [0.2, 0.25) is 5.91 Å². The molecule has 3 aromatic carbocycles. The lowest BCUT2D eigenvalue weighted by molar-refractivity contribution is -0.384. The normalized spacial score (nSPS) is 20.1. The van der Waals surface area contributed by atoms with Gasteiger partial charge in [-0.3, -0.25) is 28.9 Å². The lowest BCUT2D eigenvalue weighted by Crippen LogP contribution is -2.63. The molecule has 1 amide bonds. The first-order valence-electron chi connectivity index (χ1n) is 13.9. The summed E-state index contributed by atoms with van der Waals surface area (Å²) in [5.41, 5.74) is 1.48. The van der Waals surface area contributed by atoms with E-state index in [9.17, 15) is 29.4 Å². The number of fused-ring (bicyclic) bond motifs is 1. The van der Waals surface area contributed by atoms with Crippen molar-refractivity contribution in [3.63, 3.8) is 0 Å². The number of nitrogens with zero attached hydrogens (tertiary/aromatic N) is 2. The van der Waals surface area contributed by atoms with Crippen LogP contribution in [0.15, 0.2) is 96.4 Å². The molecule has 2 heterocycles. The Bertz CT molecular complexity index is 1550. The third-order valence-electron chi connectivity index (χ3n) is 7.49. The molecule has 0 aliphatic carbocycles. The van der Waals surface area contributed by atoms with Gasteiger partial charge in [-0.15, -0.1) is 0 Å². The van der Waals surface area contributed by atoms with Gasteiger partial charge >= 0.3 is 13.8 Å². The van der Waals surface area contributed by atoms with E-state index < -0.39 is 48.6 Å².